The fraction of sp³-hybridized carbons (Fsp3) is 0.500. The van der Waals surface area contributed by atoms with Crippen LogP contribution in [0.25, 0.3) is 0 Å². The molecular weight excluding hydrogens is 222 g/mol. The van der Waals surface area contributed by atoms with Crippen LogP contribution in [0.4, 0.5) is 0 Å². The van der Waals surface area contributed by atoms with Crippen LogP contribution in [0.15, 0.2) is 28.0 Å². The minimum atomic E-state index is 0.586. The minimum absolute atomic E-state index is 0.586. The van der Waals surface area contributed by atoms with Crippen LogP contribution in [0.1, 0.15) is 24.4 Å². The van der Waals surface area contributed by atoms with Gasteiger partial charge in [-0.15, -0.1) is 23.5 Å². The molecule has 0 saturated carbocycles. The molecule has 1 nitrogen and oxygen atoms in total. The van der Waals surface area contributed by atoms with Gasteiger partial charge in [-0.3, -0.25) is 0 Å². The first-order chi connectivity index (χ1) is 7.35. The second-order valence-corrected chi connectivity index (χ2v) is 5.48. The van der Waals surface area contributed by atoms with Gasteiger partial charge >= 0.3 is 0 Å². The van der Waals surface area contributed by atoms with E-state index in [0.29, 0.717) is 6.04 Å². The number of thioether (sulfide) groups is 2. The Morgan fingerprint density at radius 3 is 2.73 bits per heavy atom. The second kappa shape index (κ2) is 5.28. The normalized spacial score (nSPS) is 20.8. The van der Waals surface area contributed by atoms with Crippen molar-refractivity contribution in [3.05, 3.63) is 23.8 Å². The summed E-state index contributed by atoms with van der Waals surface area (Å²) in [6, 6.07) is 7.42. The summed E-state index contributed by atoms with van der Waals surface area (Å²) in [7, 11) is 0. The van der Waals surface area contributed by atoms with E-state index < -0.39 is 0 Å². The third kappa shape index (κ3) is 2.52. The van der Waals surface area contributed by atoms with E-state index in [1.54, 1.807) is 0 Å². The van der Waals surface area contributed by atoms with E-state index in [4.69, 9.17) is 0 Å². The maximum Gasteiger partial charge on any atom is 0.0331 e. The molecule has 15 heavy (non-hydrogen) atoms. The van der Waals surface area contributed by atoms with Crippen LogP contribution < -0.4 is 5.32 Å². The summed E-state index contributed by atoms with van der Waals surface area (Å²) < 4.78 is 0. The molecule has 1 aliphatic heterocycles. The summed E-state index contributed by atoms with van der Waals surface area (Å²) in [5.41, 5.74) is 1.48. The molecule has 1 heterocycles. The lowest BCUT2D eigenvalue weighted by molar-refractivity contribution is 0.635. The maximum absolute atomic E-state index is 3.56. The van der Waals surface area contributed by atoms with Crippen molar-refractivity contribution < 1.29 is 0 Å². The van der Waals surface area contributed by atoms with Gasteiger partial charge in [0.05, 0.1) is 0 Å². The van der Waals surface area contributed by atoms with Crippen molar-refractivity contribution >= 4 is 23.5 Å². The Balaban J connectivity index is 2.29. The summed E-state index contributed by atoms with van der Waals surface area (Å²) in [4.78, 5) is 2.79. The van der Waals surface area contributed by atoms with Crippen LogP contribution >= 0.6 is 23.5 Å². The molecule has 1 aromatic rings. The highest BCUT2D eigenvalue weighted by atomic mass is 32.2. The Kier molecular flexibility index (Phi) is 4.00. The predicted octanol–water partition coefficient (Wildman–Crippen LogP) is 3.55. The molecule has 1 fully saturated rings. The van der Waals surface area contributed by atoms with Gasteiger partial charge in [-0.2, -0.15) is 0 Å². The zero-order valence-corrected chi connectivity index (χ0v) is 10.9. The Morgan fingerprint density at radius 2 is 2.13 bits per heavy atom. The zero-order valence-electron chi connectivity index (χ0n) is 9.25. The van der Waals surface area contributed by atoms with E-state index in [1.807, 2.05) is 23.5 Å². The van der Waals surface area contributed by atoms with Gasteiger partial charge in [0, 0.05) is 15.8 Å². The van der Waals surface area contributed by atoms with Gasteiger partial charge in [0.2, 0.25) is 0 Å². The topological polar surface area (TPSA) is 12.0 Å². The largest absolute Gasteiger partial charge is 0.310 e. The van der Waals surface area contributed by atoms with Crippen LogP contribution in [-0.2, 0) is 0 Å². The Labute approximate surface area is 100 Å². The molecule has 82 valence electrons. The average molecular weight is 239 g/mol. The molecule has 1 aliphatic rings. The highest BCUT2D eigenvalue weighted by Gasteiger charge is 2.18. The molecular formula is C12H17NS2. The van der Waals surface area contributed by atoms with E-state index in [0.717, 1.165) is 0 Å². The standard InChI is InChI=1S/C12H17NS2/c1-14-9-5-6-10(12(8-9)15-2)11-4-3-7-13-11/h5-6,8,11,13H,3-4,7H2,1-2H3. The van der Waals surface area contributed by atoms with Crippen molar-refractivity contribution in [2.75, 3.05) is 19.1 Å². The van der Waals surface area contributed by atoms with Gasteiger partial charge in [-0.25, -0.2) is 0 Å². The summed E-state index contributed by atoms with van der Waals surface area (Å²) in [5, 5.41) is 3.56. The molecule has 2 rings (SSSR count). The number of hydrogen-bond donors (Lipinski definition) is 1. The number of nitrogens with one attached hydrogen (secondary N) is 1. The SMILES string of the molecule is CSc1ccc(C2CCCN2)c(SC)c1. The van der Waals surface area contributed by atoms with Gasteiger partial charge in [-0.1, -0.05) is 6.07 Å². The summed E-state index contributed by atoms with van der Waals surface area (Å²) in [6.45, 7) is 1.17. The molecule has 0 spiro atoms. The van der Waals surface area contributed by atoms with E-state index in [9.17, 15) is 0 Å². The van der Waals surface area contributed by atoms with Gasteiger partial charge in [-0.05, 0) is 49.6 Å². The lowest BCUT2D eigenvalue weighted by atomic mass is 10.1. The molecule has 3 heteroatoms. The summed E-state index contributed by atoms with van der Waals surface area (Å²) >= 11 is 3.67. The molecule has 1 atom stereocenters. The summed E-state index contributed by atoms with van der Waals surface area (Å²) in [6.07, 6.45) is 6.89. The van der Waals surface area contributed by atoms with Crippen LogP contribution in [0.3, 0.4) is 0 Å². The molecule has 1 N–H and O–H groups in total. The highest BCUT2D eigenvalue weighted by Crippen LogP contribution is 2.33. The van der Waals surface area contributed by atoms with E-state index in [2.05, 4.69) is 36.0 Å². The van der Waals surface area contributed by atoms with Crippen molar-refractivity contribution in [1.82, 2.24) is 5.32 Å². The monoisotopic (exact) mass is 239 g/mol. The number of rotatable bonds is 3. The number of hydrogen-bond acceptors (Lipinski definition) is 3. The molecule has 1 aromatic carbocycles. The number of benzene rings is 1. The Morgan fingerprint density at radius 1 is 1.27 bits per heavy atom. The van der Waals surface area contributed by atoms with Gasteiger partial charge < -0.3 is 5.32 Å². The second-order valence-electron chi connectivity index (χ2n) is 3.76. The Bertz CT molecular complexity index is 332. The first-order valence-corrected chi connectivity index (χ1v) is 7.75. The first-order valence-electron chi connectivity index (χ1n) is 5.30. The molecule has 1 saturated heterocycles. The van der Waals surface area contributed by atoms with Crippen molar-refractivity contribution in [3.63, 3.8) is 0 Å². The van der Waals surface area contributed by atoms with Gasteiger partial charge in [0.1, 0.15) is 0 Å². The van der Waals surface area contributed by atoms with Crippen molar-refractivity contribution in [2.24, 2.45) is 0 Å². The van der Waals surface area contributed by atoms with E-state index >= 15 is 0 Å². The third-order valence-corrected chi connectivity index (χ3v) is 4.40. The van der Waals surface area contributed by atoms with Crippen molar-refractivity contribution in [2.45, 2.75) is 28.7 Å². The van der Waals surface area contributed by atoms with Gasteiger partial charge in [0.25, 0.3) is 0 Å². The van der Waals surface area contributed by atoms with Crippen LogP contribution in [0, 0.1) is 0 Å². The first kappa shape index (κ1) is 11.4. The maximum atomic E-state index is 3.56. The smallest absolute Gasteiger partial charge is 0.0331 e. The molecule has 0 bridgehead atoms. The van der Waals surface area contributed by atoms with Gasteiger partial charge in [0.15, 0.2) is 0 Å². The molecule has 0 aromatic heterocycles. The van der Waals surface area contributed by atoms with Crippen molar-refractivity contribution in [3.8, 4) is 0 Å². The van der Waals surface area contributed by atoms with Crippen LogP contribution in [0.5, 0.6) is 0 Å². The van der Waals surface area contributed by atoms with Crippen molar-refractivity contribution in [1.29, 1.82) is 0 Å². The molecule has 0 radical (unpaired) electrons. The zero-order chi connectivity index (χ0) is 10.7. The highest BCUT2D eigenvalue weighted by molar-refractivity contribution is 7.99. The fourth-order valence-electron chi connectivity index (χ4n) is 2.06. The van der Waals surface area contributed by atoms with E-state index in [1.165, 1.54) is 34.7 Å². The molecule has 0 amide bonds. The quantitative estimate of drug-likeness (QED) is 0.810. The van der Waals surface area contributed by atoms with E-state index in [-0.39, 0.29) is 0 Å². The average Bonchev–Trinajstić information content (AvgIpc) is 2.81. The third-order valence-electron chi connectivity index (χ3n) is 2.88. The lowest BCUT2D eigenvalue weighted by Gasteiger charge is -2.15. The Hall–Kier alpha value is -0.120. The molecule has 0 aliphatic carbocycles. The fourth-order valence-corrected chi connectivity index (χ4v) is 3.26. The molecule has 1 unspecified atom stereocenters. The predicted molar refractivity (Wildman–Crippen MR) is 70.0 cm³/mol. The van der Waals surface area contributed by atoms with Crippen LogP contribution in [-0.4, -0.2) is 19.1 Å². The minimum Gasteiger partial charge on any atom is -0.310 e. The lowest BCUT2D eigenvalue weighted by Crippen LogP contribution is -2.13. The summed E-state index contributed by atoms with van der Waals surface area (Å²) in [5.74, 6) is 0. The van der Waals surface area contributed by atoms with Crippen LogP contribution in [0.2, 0.25) is 0 Å².